The monoisotopic (exact) mass is 304 g/mol. The molecule has 0 saturated heterocycles. The van der Waals surface area contributed by atoms with E-state index in [-0.39, 0.29) is 0 Å². The van der Waals surface area contributed by atoms with Crippen LogP contribution in [0.2, 0.25) is 0 Å². The lowest BCUT2D eigenvalue weighted by Gasteiger charge is -1.90. The van der Waals surface area contributed by atoms with Crippen LogP contribution < -0.4 is 0 Å². The van der Waals surface area contributed by atoms with E-state index in [2.05, 4.69) is 20.3 Å². The average Bonchev–Trinajstić information content (AvgIpc) is 3.27. The van der Waals surface area contributed by atoms with Crippen molar-refractivity contribution in [3.8, 4) is 22.9 Å². The first-order valence-corrected chi connectivity index (χ1v) is 7.14. The molecule has 112 valence electrons. The molecular formula is C17H12N4O2. The summed E-state index contributed by atoms with van der Waals surface area (Å²) in [6, 6.07) is 19.2. The fourth-order valence-corrected chi connectivity index (χ4v) is 2.19. The number of benzene rings is 2. The van der Waals surface area contributed by atoms with Gasteiger partial charge in [0.2, 0.25) is 0 Å². The van der Waals surface area contributed by atoms with Crippen molar-refractivity contribution in [2.75, 3.05) is 0 Å². The fourth-order valence-electron chi connectivity index (χ4n) is 2.19. The average molecular weight is 304 g/mol. The zero-order valence-corrected chi connectivity index (χ0v) is 12.1. The Bertz CT molecular complexity index is 825. The normalized spacial score (nSPS) is 10.8. The number of hydrogen-bond acceptors (Lipinski definition) is 6. The molecule has 0 N–H and O–H groups in total. The lowest BCUT2D eigenvalue weighted by Crippen LogP contribution is -1.93. The first-order chi connectivity index (χ1) is 11.4. The maximum absolute atomic E-state index is 5.27. The van der Waals surface area contributed by atoms with Gasteiger partial charge in [-0.25, -0.2) is 0 Å². The third-order valence-corrected chi connectivity index (χ3v) is 3.29. The molecule has 0 atom stereocenters. The van der Waals surface area contributed by atoms with Crippen LogP contribution in [0, 0.1) is 0 Å². The van der Waals surface area contributed by atoms with Crippen molar-refractivity contribution in [1.29, 1.82) is 0 Å². The predicted octanol–water partition coefficient (Wildman–Crippen LogP) is 3.38. The minimum atomic E-state index is 0.354. The highest BCUT2D eigenvalue weighted by molar-refractivity contribution is 5.53. The Balaban J connectivity index is 1.53. The van der Waals surface area contributed by atoms with Crippen molar-refractivity contribution in [2.45, 2.75) is 6.42 Å². The molecule has 0 aliphatic rings. The molecule has 0 radical (unpaired) electrons. The highest BCUT2D eigenvalue weighted by atomic mass is 16.5. The van der Waals surface area contributed by atoms with Crippen molar-refractivity contribution in [2.24, 2.45) is 0 Å². The van der Waals surface area contributed by atoms with Gasteiger partial charge in [-0.1, -0.05) is 46.7 Å². The maximum atomic E-state index is 5.27. The molecule has 0 amide bonds. The maximum Gasteiger partial charge on any atom is 0.257 e. The van der Waals surface area contributed by atoms with Gasteiger partial charge in [0, 0.05) is 11.1 Å². The Morgan fingerprint density at radius 3 is 1.48 bits per heavy atom. The Morgan fingerprint density at radius 2 is 1.04 bits per heavy atom. The predicted molar refractivity (Wildman–Crippen MR) is 82.3 cm³/mol. The summed E-state index contributed by atoms with van der Waals surface area (Å²) >= 11 is 0. The van der Waals surface area contributed by atoms with E-state index in [4.69, 9.17) is 9.05 Å². The summed E-state index contributed by atoms with van der Waals surface area (Å²) in [5, 5.41) is 7.92. The van der Waals surface area contributed by atoms with Crippen molar-refractivity contribution in [3.63, 3.8) is 0 Å². The second-order valence-corrected chi connectivity index (χ2v) is 4.94. The van der Waals surface area contributed by atoms with E-state index < -0.39 is 0 Å². The summed E-state index contributed by atoms with van der Waals surface area (Å²) in [7, 11) is 0. The summed E-state index contributed by atoms with van der Waals surface area (Å²) in [6.07, 6.45) is 0.354. The van der Waals surface area contributed by atoms with Gasteiger partial charge >= 0.3 is 0 Å². The minimum Gasteiger partial charge on any atom is -0.334 e. The van der Waals surface area contributed by atoms with E-state index in [9.17, 15) is 0 Å². The molecule has 0 aliphatic carbocycles. The molecule has 6 heteroatoms. The summed E-state index contributed by atoms with van der Waals surface area (Å²) in [6.45, 7) is 0. The third-order valence-electron chi connectivity index (χ3n) is 3.29. The Kier molecular flexibility index (Phi) is 3.40. The van der Waals surface area contributed by atoms with E-state index in [0.29, 0.717) is 29.9 Å². The van der Waals surface area contributed by atoms with Gasteiger partial charge in [0.25, 0.3) is 11.8 Å². The van der Waals surface area contributed by atoms with Gasteiger partial charge in [-0.15, -0.1) is 0 Å². The van der Waals surface area contributed by atoms with Crippen molar-refractivity contribution in [3.05, 3.63) is 72.3 Å². The van der Waals surface area contributed by atoms with Gasteiger partial charge in [-0.2, -0.15) is 9.97 Å². The topological polar surface area (TPSA) is 77.8 Å². The minimum absolute atomic E-state index is 0.354. The third kappa shape index (κ3) is 2.87. The molecular weight excluding hydrogens is 292 g/mol. The highest BCUT2D eigenvalue weighted by Gasteiger charge is 2.13. The van der Waals surface area contributed by atoms with Crippen LogP contribution >= 0.6 is 0 Å². The highest BCUT2D eigenvalue weighted by Crippen LogP contribution is 2.19. The number of aromatic nitrogens is 4. The summed E-state index contributed by atoms with van der Waals surface area (Å²) in [5.41, 5.74) is 1.76. The lowest BCUT2D eigenvalue weighted by atomic mass is 10.2. The van der Waals surface area contributed by atoms with Crippen LogP contribution in [0.15, 0.2) is 69.7 Å². The zero-order valence-electron chi connectivity index (χ0n) is 12.1. The standard InChI is InChI=1S/C17H12N4O2/c1-3-7-12(8-4-1)16-18-14(20-22-16)11-15-19-17(23-21-15)13-9-5-2-6-10-13/h1-10H,11H2. The van der Waals surface area contributed by atoms with Crippen LogP contribution in [-0.4, -0.2) is 20.3 Å². The molecule has 2 aromatic heterocycles. The molecule has 23 heavy (non-hydrogen) atoms. The van der Waals surface area contributed by atoms with Gasteiger partial charge < -0.3 is 9.05 Å². The molecule has 0 fully saturated rings. The molecule has 0 spiro atoms. The van der Waals surface area contributed by atoms with Gasteiger partial charge in [0.05, 0.1) is 6.42 Å². The molecule has 0 aliphatic heterocycles. The van der Waals surface area contributed by atoms with E-state index in [1.165, 1.54) is 0 Å². The molecule has 2 heterocycles. The van der Waals surface area contributed by atoms with Crippen molar-refractivity contribution in [1.82, 2.24) is 20.3 Å². The van der Waals surface area contributed by atoms with Gasteiger partial charge in [0.1, 0.15) is 0 Å². The second-order valence-electron chi connectivity index (χ2n) is 4.94. The largest absolute Gasteiger partial charge is 0.334 e. The van der Waals surface area contributed by atoms with E-state index in [1.54, 1.807) is 0 Å². The van der Waals surface area contributed by atoms with Crippen molar-refractivity contribution >= 4 is 0 Å². The Hall–Kier alpha value is -3.28. The van der Waals surface area contributed by atoms with Gasteiger partial charge in [0.15, 0.2) is 11.6 Å². The summed E-state index contributed by atoms with van der Waals surface area (Å²) < 4.78 is 10.5. The molecule has 4 rings (SSSR count). The van der Waals surface area contributed by atoms with Gasteiger partial charge in [-0.3, -0.25) is 0 Å². The molecule has 0 bridgehead atoms. The fraction of sp³-hybridized carbons (Fsp3) is 0.0588. The molecule has 0 unspecified atom stereocenters. The SMILES string of the molecule is c1ccc(-c2nc(Cc3noc(-c4ccccc4)n3)no2)cc1. The first-order valence-electron chi connectivity index (χ1n) is 7.14. The van der Waals surface area contributed by atoms with Crippen molar-refractivity contribution < 1.29 is 9.05 Å². The number of hydrogen-bond donors (Lipinski definition) is 0. The molecule has 6 nitrogen and oxygen atoms in total. The second kappa shape index (κ2) is 5.84. The number of nitrogens with zero attached hydrogens (tertiary/aromatic N) is 4. The van der Waals surface area contributed by atoms with E-state index >= 15 is 0 Å². The van der Waals surface area contributed by atoms with Gasteiger partial charge in [-0.05, 0) is 24.3 Å². The smallest absolute Gasteiger partial charge is 0.257 e. The summed E-state index contributed by atoms with van der Waals surface area (Å²) in [4.78, 5) is 8.72. The van der Waals surface area contributed by atoms with Crippen LogP contribution in [-0.2, 0) is 6.42 Å². The summed E-state index contributed by atoms with van der Waals surface area (Å²) in [5.74, 6) is 1.99. The molecule has 4 aromatic rings. The van der Waals surface area contributed by atoms with Crippen LogP contribution in [0.5, 0.6) is 0 Å². The quantitative estimate of drug-likeness (QED) is 0.575. The zero-order chi connectivity index (χ0) is 15.5. The van der Waals surface area contributed by atoms with Crippen LogP contribution in [0.4, 0.5) is 0 Å². The van der Waals surface area contributed by atoms with E-state index in [1.807, 2.05) is 60.7 Å². The Labute approximate surface area is 131 Å². The van der Waals surface area contributed by atoms with Crippen LogP contribution in [0.1, 0.15) is 11.6 Å². The number of rotatable bonds is 4. The van der Waals surface area contributed by atoms with Crippen LogP contribution in [0.25, 0.3) is 22.9 Å². The molecule has 0 saturated carbocycles. The lowest BCUT2D eigenvalue weighted by molar-refractivity contribution is 0.416. The van der Waals surface area contributed by atoms with E-state index in [0.717, 1.165) is 11.1 Å². The Morgan fingerprint density at radius 1 is 0.609 bits per heavy atom. The first kappa shape index (κ1) is 13.4. The molecule has 2 aromatic carbocycles. The van der Waals surface area contributed by atoms with Crippen LogP contribution in [0.3, 0.4) is 0 Å².